The zero-order valence-corrected chi connectivity index (χ0v) is 16.1. The fraction of sp³-hybridized carbons (Fsp3) is 0.611. The summed E-state index contributed by atoms with van der Waals surface area (Å²) in [5.41, 5.74) is 1.22. The minimum absolute atomic E-state index is 0.121. The summed E-state index contributed by atoms with van der Waals surface area (Å²) in [6, 6.07) is 10.1. The van der Waals surface area contributed by atoms with Crippen LogP contribution >= 0.6 is 11.8 Å². The summed E-state index contributed by atoms with van der Waals surface area (Å²) in [4.78, 5) is 14.1. The summed E-state index contributed by atoms with van der Waals surface area (Å²) in [6.07, 6.45) is 1.15. The molecule has 1 saturated heterocycles. The molecule has 0 atom stereocenters. The predicted molar refractivity (Wildman–Crippen MR) is 101 cm³/mol. The van der Waals surface area contributed by atoms with Gasteiger partial charge in [0.1, 0.15) is 0 Å². The van der Waals surface area contributed by atoms with Gasteiger partial charge in [-0.2, -0.15) is 0 Å². The first kappa shape index (κ1) is 19.3. The maximum absolute atomic E-state index is 12.3. The van der Waals surface area contributed by atoms with E-state index in [0.29, 0.717) is 31.7 Å². The molecule has 0 spiro atoms. The zero-order chi connectivity index (χ0) is 17.6. The van der Waals surface area contributed by atoms with Crippen LogP contribution in [0.3, 0.4) is 0 Å². The van der Waals surface area contributed by atoms with Crippen molar-refractivity contribution in [3.05, 3.63) is 35.9 Å². The van der Waals surface area contributed by atoms with E-state index in [-0.39, 0.29) is 22.8 Å². The summed E-state index contributed by atoms with van der Waals surface area (Å²) in [5, 5.41) is -0.277. The molecular weight excluding hydrogens is 342 g/mol. The van der Waals surface area contributed by atoms with Gasteiger partial charge >= 0.3 is 0 Å². The van der Waals surface area contributed by atoms with E-state index in [1.165, 1.54) is 5.56 Å². The molecule has 1 amide bonds. The van der Waals surface area contributed by atoms with Gasteiger partial charge in [0.2, 0.25) is 5.91 Å². The van der Waals surface area contributed by atoms with Crippen LogP contribution in [0.25, 0.3) is 0 Å². The van der Waals surface area contributed by atoms with Gasteiger partial charge in [0.25, 0.3) is 0 Å². The molecule has 0 saturated carbocycles. The second-order valence-corrected chi connectivity index (χ2v) is 10.1. The maximum Gasteiger partial charge on any atom is 0.232 e. The summed E-state index contributed by atoms with van der Waals surface area (Å²) in [7, 11) is -3.03. The number of hydrogen-bond donors (Lipinski definition) is 0. The molecule has 1 aliphatic heterocycles. The molecule has 0 N–H and O–H groups in total. The Bertz CT molecular complexity index is 621. The SMILES string of the molecule is CC(C)CS(=O)(=O)C1CCN(C(=O)CSCc2ccccc2)CC1. The number of thioether (sulfide) groups is 1. The highest BCUT2D eigenvalue weighted by Crippen LogP contribution is 2.21. The Labute approximate surface area is 149 Å². The van der Waals surface area contributed by atoms with Crippen LogP contribution in [0.2, 0.25) is 0 Å². The molecule has 134 valence electrons. The van der Waals surface area contributed by atoms with Crippen molar-refractivity contribution < 1.29 is 13.2 Å². The average Bonchev–Trinajstić information content (AvgIpc) is 2.55. The first-order chi connectivity index (χ1) is 11.4. The smallest absolute Gasteiger partial charge is 0.232 e. The van der Waals surface area contributed by atoms with Crippen molar-refractivity contribution in [1.82, 2.24) is 4.90 Å². The van der Waals surface area contributed by atoms with Crippen molar-refractivity contribution in [3.8, 4) is 0 Å². The number of benzene rings is 1. The Kier molecular flexibility index (Phi) is 7.16. The quantitative estimate of drug-likeness (QED) is 0.741. The highest BCUT2D eigenvalue weighted by Gasteiger charge is 2.31. The minimum atomic E-state index is -3.03. The van der Waals surface area contributed by atoms with Crippen LogP contribution in [-0.4, -0.2) is 49.1 Å². The van der Waals surface area contributed by atoms with Gasteiger partial charge < -0.3 is 4.90 Å². The van der Waals surface area contributed by atoms with E-state index in [1.807, 2.05) is 36.9 Å². The molecule has 2 rings (SSSR count). The molecular formula is C18H27NO3S2. The fourth-order valence-corrected chi connectivity index (χ4v) is 6.00. The fourth-order valence-electron chi connectivity index (χ4n) is 2.99. The second kappa shape index (κ2) is 8.90. The van der Waals surface area contributed by atoms with Crippen LogP contribution < -0.4 is 0 Å². The number of likely N-dealkylation sites (tertiary alicyclic amines) is 1. The van der Waals surface area contributed by atoms with Crippen molar-refractivity contribution in [1.29, 1.82) is 0 Å². The highest BCUT2D eigenvalue weighted by molar-refractivity contribution is 7.99. The van der Waals surface area contributed by atoms with E-state index in [9.17, 15) is 13.2 Å². The lowest BCUT2D eigenvalue weighted by Crippen LogP contribution is -2.44. The van der Waals surface area contributed by atoms with Gasteiger partial charge in [-0.15, -0.1) is 11.8 Å². The zero-order valence-electron chi connectivity index (χ0n) is 14.5. The van der Waals surface area contributed by atoms with Crippen molar-refractivity contribution in [2.75, 3.05) is 24.6 Å². The van der Waals surface area contributed by atoms with Gasteiger partial charge in [0, 0.05) is 18.8 Å². The molecule has 0 aliphatic carbocycles. The first-order valence-electron chi connectivity index (χ1n) is 8.49. The number of carbonyl (C=O) groups is 1. The normalized spacial score (nSPS) is 16.5. The molecule has 1 aliphatic rings. The largest absolute Gasteiger partial charge is 0.342 e. The van der Waals surface area contributed by atoms with Crippen molar-refractivity contribution in [2.24, 2.45) is 5.92 Å². The molecule has 0 unspecified atom stereocenters. The molecule has 6 heteroatoms. The number of amides is 1. The van der Waals surface area contributed by atoms with Crippen molar-refractivity contribution in [3.63, 3.8) is 0 Å². The summed E-state index contributed by atoms with van der Waals surface area (Å²) in [6.45, 7) is 4.99. The number of rotatable bonds is 7. The lowest BCUT2D eigenvalue weighted by atomic mass is 10.1. The van der Waals surface area contributed by atoms with Crippen LogP contribution in [0.1, 0.15) is 32.3 Å². The average molecular weight is 370 g/mol. The van der Waals surface area contributed by atoms with Gasteiger partial charge in [0.15, 0.2) is 9.84 Å². The molecule has 24 heavy (non-hydrogen) atoms. The molecule has 4 nitrogen and oxygen atoms in total. The molecule has 0 bridgehead atoms. The number of carbonyl (C=O) groups excluding carboxylic acids is 1. The molecule has 1 aromatic carbocycles. The third-order valence-electron chi connectivity index (χ3n) is 4.21. The minimum Gasteiger partial charge on any atom is -0.342 e. The number of hydrogen-bond acceptors (Lipinski definition) is 4. The Balaban J connectivity index is 1.74. The Morgan fingerprint density at radius 1 is 1.21 bits per heavy atom. The van der Waals surface area contributed by atoms with E-state index in [1.54, 1.807) is 11.8 Å². The number of nitrogens with zero attached hydrogens (tertiary/aromatic N) is 1. The molecule has 1 fully saturated rings. The molecule has 0 aromatic heterocycles. The Hall–Kier alpha value is -1.01. The third-order valence-corrected chi connectivity index (χ3v) is 7.81. The maximum atomic E-state index is 12.3. The van der Waals surface area contributed by atoms with E-state index in [4.69, 9.17) is 0 Å². The van der Waals surface area contributed by atoms with Crippen LogP contribution in [0.5, 0.6) is 0 Å². The number of piperidine rings is 1. The Morgan fingerprint density at radius 2 is 1.83 bits per heavy atom. The van der Waals surface area contributed by atoms with E-state index in [2.05, 4.69) is 12.1 Å². The lowest BCUT2D eigenvalue weighted by molar-refractivity contribution is -0.129. The lowest BCUT2D eigenvalue weighted by Gasteiger charge is -2.32. The Morgan fingerprint density at radius 3 is 2.42 bits per heavy atom. The second-order valence-electron chi connectivity index (χ2n) is 6.78. The summed E-state index contributed by atoms with van der Waals surface area (Å²) in [5.74, 6) is 1.81. The predicted octanol–water partition coefficient (Wildman–Crippen LogP) is 2.98. The van der Waals surface area contributed by atoms with Crippen molar-refractivity contribution >= 4 is 27.5 Å². The van der Waals surface area contributed by atoms with Crippen molar-refractivity contribution in [2.45, 2.75) is 37.7 Å². The number of sulfone groups is 1. The van der Waals surface area contributed by atoms with Crippen LogP contribution in [0.4, 0.5) is 0 Å². The van der Waals surface area contributed by atoms with Crippen LogP contribution in [0, 0.1) is 5.92 Å². The van der Waals surface area contributed by atoms with Gasteiger partial charge in [-0.3, -0.25) is 4.79 Å². The molecule has 1 heterocycles. The van der Waals surface area contributed by atoms with Gasteiger partial charge in [-0.05, 0) is 24.3 Å². The van der Waals surface area contributed by atoms with Gasteiger partial charge in [-0.25, -0.2) is 8.42 Å². The van der Waals surface area contributed by atoms with E-state index >= 15 is 0 Å². The van der Waals surface area contributed by atoms with E-state index in [0.717, 1.165) is 5.75 Å². The van der Waals surface area contributed by atoms with E-state index < -0.39 is 9.84 Å². The monoisotopic (exact) mass is 369 g/mol. The van der Waals surface area contributed by atoms with Crippen LogP contribution in [-0.2, 0) is 20.4 Å². The highest BCUT2D eigenvalue weighted by atomic mass is 32.2. The topological polar surface area (TPSA) is 54.5 Å². The molecule has 1 aromatic rings. The molecule has 0 radical (unpaired) electrons. The van der Waals surface area contributed by atoms with Gasteiger partial charge in [-0.1, -0.05) is 44.2 Å². The van der Waals surface area contributed by atoms with Gasteiger partial charge in [0.05, 0.1) is 16.8 Å². The summed E-state index contributed by atoms with van der Waals surface area (Å²) < 4.78 is 24.6. The van der Waals surface area contributed by atoms with Crippen LogP contribution in [0.15, 0.2) is 30.3 Å². The summed E-state index contributed by atoms with van der Waals surface area (Å²) >= 11 is 1.61. The third kappa shape index (κ3) is 5.81. The first-order valence-corrected chi connectivity index (χ1v) is 11.4. The standard InChI is InChI=1S/C18H27NO3S2/c1-15(2)14-24(21,22)17-8-10-19(11-9-17)18(20)13-23-12-16-6-4-3-5-7-16/h3-7,15,17H,8-14H2,1-2H3.